The fraction of sp³-hybridized carbons (Fsp3) is 0.314. The average Bonchev–Trinajstić information content (AvgIpc) is 3.63. The SMILES string of the molecule is COc1ccc(C(Nc2nc(N)nc3c2ncn3[C@@H]2O[C@H](CO)[C@@H](O)C2(F)F)(c2ccc(OC)cc2)c2ccc(C(=O)NC(C)C)cc2)cc1. The molecule has 1 aliphatic heterocycles. The quantitative estimate of drug-likeness (QED) is 0.127. The Bertz CT molecular complexity index is 1920. The lowest BCUT2D eigenvalue weighted by atomic mass is 9.76. The zero-order valence-corrected chi connectivity index (χ0v) is 27.7. The first-order valence-electron chi connectivity index (χ1n) is 15.7. The molecule has 13 nitrogen and oxygen atoms in total. The number of anilines is 2. The van der Waals surface area contributed by atoms with Crippen LogP contribution in [0, 0.1) is 0 Å². The smallest absolute Gasteiger partial charge is 0.320 e. The summed E-state index contributed by atoms with van der Waals surface area (Å²) in [5, 5.41) is 26.2. The number of hydrogen-bond donors (Lipinski definition) is 5. The number of fused-ring (bicyclic) bond motifs is 1. The highest BCUT2D eigenvalue weighted by Gasteiger charge is 2.59. The van der Waals surface area contributed by atoms with Gasteiger partial charge in [-0.05, 0) is 66.9 Å². The van der Waals surface area contributed by atoms with Crippen LogP contribution in [0.4, 0.5) is 20.5 Å². The van der Waals surface area contributed by atoms with Gasteiger partial charge in [0.25, 0.3) is 5.91 Å². The van der Waals surface area contributed by atoms with Crippen molar-refractivity contribution < 1.29 is 38.0 Å². The summed E-state index contributed by atoms with van der Waals surface area (Å²) in [6.07, 6.45) is -4.75. The average molecular weight is 690 g/mol. The van der Waals surface area contributed by atoms with Crippen LogP contribution < -0.4 is 25.8 Å². The fourth-order valence-electron chi connectivity index (χ4n) is 6.10. The first-order valence-corrected chi connectivity index (χ1v) is 15.7. The lowest BCUT2D eigenvalue weighted by Gasteiger charge is -2.37. The molecule has 1 aliphatic rings. The van der Waals surface area contributed by atoms with Crippen LogP contribution in [0.25, 0.3) is 11.2 Å². The predicted octanol–water partition coefficient (Wildman–Crippen LogP) is 3.85. The zero-order chi connectivity index (χ0) is 35.8. The monoisotopic (exact) mass is 689 g/mol. The van der Waals surface area contributed by atoms with Crippen LogP contribution in [0.1, 0.15) is 47.1 Å². The normalized spacial score (nSPS) is 18.7. The summed E-state index contributed by atoms with van der Waals surface area (Å²) >= 11 is 0. The molecule has 5 aromatic rings. The Morgan fingerprint density at radius 3 is 2.00 bits per heavy atom. The number of ether oxygens (including phenoxy) is 3. The molecule has 3 atom stereocenters. The van der Waals surface area contributed by atoms with Crippen molar-refractivity contribution in [2.24, 2.45) is 0 Å². The molecule has 1 amide bonds. The molecule has 0 radical (unpaired) electrons. The second-order valence-electron chi connectivity index (χ2n) is 12.1. The Balaban J connectivity index is 1.57. The van der Waals surface area contributed by atoms with E-state index < -0.39 is 36.5 Å². The highest BCUT2D eigenvalue weighted by atomic mass is 19.3. The molecule has 0 bridgehead atoms. The third-order valence-electron chi connectivity index (χ3n) is 8.60. The molecule has 1 fully saturated rings. The molecule has 1 saturated heterocycles. The van der Waals surface area contributed by atoms with Gasteiger partial charge in [0.05, 0.1) is 27.2 Å². The van der Waals surface area contributed by atoms with Crippen molar-refractivity contribution in [1.29, 1.82) is 0 Å². The van der Waals surface area contributed by atoms with Gasteiger partial charge in [0, 0.05) is 11.6 Å². The van der Waals surface area contributed by atoms with E-state index in [0.29, 0.717) is 33.8 Å². The third-order valence-corrected chi connectivity index (χ3v) is 8.60. The molecule has 0 spiro atoms. The molecule has 0 saturated carbocycles. The van der Waals surface area contributed by atoms with Crippen LogP contribution in [-0.4, -0.2) is 80.6 Å². The number of aliphatic hydroxyl groups is 2. The van der Waals surface area contributed by atoms with Gasteiger partial charge in [-0.3, -0.25) is 9.36 Å². The van der Waals surface area contributed by atoms with Crippen LogP contribution in [-0.2, 0) is 10.3 Å². The van der Waals surface area contributed by atoms with Gasteiger partial charge in [-0.2, -0.15) is 18.7 Å². The van der Waals surface area contributed by atoms with Crippen LogP contribution in [0.2, 0.25) is 0 Å². The minimum Gasteiger partial charge on any atom is -0.497 e. The molecular weight excluding hydrogens is 652 g/mol. The van der Waals surface area contributed by atoms with E-state index in [1.807, 2.05) is 38.1 Å². The standard InChI is InChI=1S/C35H37F2N7O6/c1-19(2)40-31(47)20-5-7-21(8-6-20)34(22-9-13-24(48-3)14-10-22,23-11-15-25(49-4)16-12-23)43-29-27-30(42-33(38)41-29)44(18-39-27)32-35(36,37)28(46)26(17-45)50-32/h5-16,18-19,26,28,32,45-46H,17H2,1-4H3,(H,40,47)(H3,38,41,42,43)/t26-,28-,32-/m1/s1. The molecule has 2 aromatic heterocycles. The summed E-state index contributed by atoms with van der Waals surface area (Å²) in [6.45, 7) is 2.92. The molecule has 6 N–H and O–H groups in total. The minimum absolute atomic E-state index is 0.0693. The Kier molecular flexibility index (Phi) is 9.31. The number of imidazole rings is 1. The van der Waals surface area contributed by atoms with Gasteiger partial charge in [-0.1, -0.05) is 36.4 Å². The first kappa shape index (κ1) is 34.5. The number of carbonyl (C=O) groups excluding carboxylic acids is 1. The number of benzene rings is 3. The second-order valence-corrected chi connectivity index (χ2v) is 12.1. The molecule has 262 valence electrons. The molecule has 0 unspecified atom stereocenters. The maximum Gasteiger partial charge on any atom is 0.320 e. The topological polar surface area (TPSA) is 179 Å². The largest absolute Gasteiger partial charge is 0.497 e. The number of nitrogens with one attached hydrogen (secondary N) is 2. The molecular formula is C35H37F2N7O6. The van der Waals surface area contributed by atoms with E-state index in [2.05, 4.69) is 25.6 Å². The zero-order valence-electron chi connectivity index (χ0n) is 27.7. The highest BCUT2D eigenvalue weighted by molar-refractivity contribution is 5.94. The maximum absolute atomic E-state index is 15.3. The van der Waals surface area contributed by atoms with Gasteiger partial charge in [0.15, 0.2) is 23.1 Å². The number of hydrogen-bond acceptors (Lipinski definition) is 11. The number of nitrogens with two attached hydrogens (primary N) is 1. The van der Waals surface area contributed by atoms with Crippen molar-refractivity contribution in [3.63, 3.8) is 0 Å². The molecule has 3 heterocycles. The van der Waals surface area contributed by atoms with Crippen molar-refractivity contribution >= 4 is 28.8 Å². The van der Waals surface area contributed by atoms with Crippen molar-refractivity contribution in [2.75, 3.05) is 31.9 Å². The van der Waals surface area contributed by atoms with E-state index in [0.717, 1.165) is 10.9 Å². The summed E-state index contributed by atoms with van der Waals surface area (Å²) in [5.41, 5.74) is 7.40. The number of carbonyl (C=O) groups is 1. The number of halogens is 2. The summed E-state index contributed by atoms with van der Waals surface area (Å²) in [4.78, 5) is 26.0. The molecule has 0 aliphatic carbocycles. The predicted molar refractivity (Wildman–Crippen MR) is 180 cm³/mol. The van der Waals surface area contributed by atoms with Crippen molar-refractivity contribution in [3.8, 4) is 11.5 Å². The van der Waals surface area contributed by atoms with E-state index in [1.54, 1.807) is 62.8 Å². The lowest BCUT2D eigenvalue weighted by Crippen LogP contribution is -2.39. The number of nitrogens with zero attached hydrogens (tertiary/aromatic N) is 4. The van der Waals surface area contributed by atoms with Gasteiger partial charge in [-0.15, -0.1) is 0 Å². The number of nitrogen functional groups attached to an aromatic ring is 1. The van der Waals surface area contributed by atoms with E-state index in [4.69, 9.17) is 19.9 Å². The Labute approximate surface area is 286 Å². The summed E-state index contributed by atoms with van der Waals surface area (Å²) in [5.74, 6) is -3.01. The van der Waals surface area contributed by atoms with Gasteiger partial charge in [0.2, 0.25) is 12.2 Å². The number of amides is 1. The van der Waals surface area contributed by atoms with E-state index >= 15 is 8.78 Å². The fourth-order valence-corrected chi connectivity index (χ4v) is 6.10. The summed E-state index contributed by atoms with van der Waals surface area (Å²) < 4.78 is 47.8. The van der Waals surface area contributed by atoms with Crippen molar-refractivity contribution in [2.45, 2.75) is 49.8 Å². The molecule has 15 heteroatoms. The third kappa shape index (κ3) is 6.03. The van der Waals surface area contributed by atoms with Gasteiger partial charge >= 0.3 is 5.92 Å². The minimum atomic E-state index is -3.80. The molecule has 3 aromatic carbocycles. The van der Waals surface area contributed by atoms with Crippen molar-refractivity contribution in [1.82, 2.24) is 24.8 Å². The number of aromatic nitrogens is 4. The van der Waals surface area contributed by atoms with E-state index in [1.165, 1.54) is 0 Å². The maximum atomic E-state index is 15.3. The van der Waals surface area contributed by atoms with Crippen molar-refractivity contribution in [3.05, 3.63) is 101 Å². The summed E-state index contributed by atoms with van der Waals surface area (Å²) in [7, 11) is 3.11. The van der Waals surface area contributed by atoms with Gasteiger partial charge in [0.1, 0.15) is 23.1 Å². The first-order chi connectivity index (χ1) is 23.9. The number of methoxy groups -OCH3 is 2. The number of alkyl halides is 2. The van der Waals surface area contributed by atoms with Gasteiger partial charge in [-0.25, -0.2) is 4.98 Å². The summed E-state index contributed by atoms with van der Waals surface area (Å²) in [6, 6.07) is 21.6. The number of rotatable bonds is 11. The number of aliphatic hydroxyl groups excluding tert-OH is 2. The lowest BCUT2D eigenvalue weighted by molar-refractivity contribution is -0.138. The van der Waals surface area contributed by atoms with Gasteiger partial charge < -0.3 is 40.8 Å². The van der Waals surface area contributed by atoms with E-state index in [9.17, 15) is 15.0 Å². The van der Waals surface area contributed by atoms with E-state index in [-0.39, 0.29) is 34.9 Å². The van der Waals surface area contributed by atoms with Crippen LogP contribution in [0.15, 0.2) is 79.1 Å². The van der Waals surface area contributed by atoms with Crippen LogP contribution >= 0.6 is 0 Å². The van der Waals surface area contributed by atoms with Crippen LogP contribution in [0.3, 0.4) is 0 Å². The Morgan fingerprint density at radius 2 is 1.52 bits per heavy atom. The Hall–Kier alpha value is -5.38. The molecule has 50 heavy (non-hydrogen) atoms. The molecule has 6 rings (SSSR count). The second kappa shape index (κ2) is 13.5. The highest BCUT2D eigenvalue weighted by Crippen LogP contribution is 2.45. The Morgan fingerprint density at radius 1 is 0.980 bits per heavy atom. The van der Waals surface area contributed by atoms with Crippen LogP contribution in [0.5, 0.6) is 11.5 Å².